The van der Waals surface area contributed by atoms with Crippen molar-refractivity contribution in [3.63, 3.8) is 0 Å². The molecule has 1 aromatic heterocycles. The normalized spacial score (nSPS) is 10.4. The molecule has 0 fully saturated rings. The Morgan fingerprint density at radius 3 is 2.86 bits per heavy atom. The number of benzene rings is 1. The van der Waals surface area contributed by atoms with Crippen molar-refractivity contribution in [1.82, 2.24) is 4.98 Å². The monoisotopic (exact) mass is 189 g/mol. The Morgan fingerprint density at radius 2 is 2.14 bits per heavy atom. The standard InChI is InChI=1S/C11H8FNO/c1-7-4-8-5-9(12)2-3-10(8)13-11(7)6-14/h2-6H,1H3. The van der Waals surface area contributed by atoms with Gasteiger partial charge in [0.1, 0.15) is 11.5 Å². The third-order valence-corrected chi connectivity index (χ3v) is 2.12. The van der Waals surface area contributed by atoms with Gasteiger partial charge >= 0.3 is 0 Å². The molecule has 0 saturated carbocycles. The highest BCUT2D eigenvalue weighted by molar-refractivity contribution is 5.85. The summed E-state index contributed by atoms with van der Waals surface area (Å²) in [5, 5.41) is 0.716. The lowest BCUT2D eigenvalue weighted by atomic mass is 10.1. The van der Waals surface area contributed by atoms with Crippen molar-refractivity contribution < 1.29 is 9.18 Å². The Balaban J connectivity index is 2.79. The molecule has 14 heavy (non-hydrogen) atoms. The molecule has 2 rings (SSSR count). The molecule has 70 valence electrons. The van der Waals surface area contributed by atoms with Gasteiger partial charge in [-0.15, -0.1) is 0 Å². The summed E-state index contributed by atoms with van der Waals surface area (Å²) in [5.41, 5.74) is 1.81. The van der Waals surface area contributed by atoms with E-state index in [4.69, 9.17) is 0 Å². The van der Waals surface area contributed by atoms with E-state index in [2.05, 4.69) is 4.98 Å². The number of pyridine rings is 1. The summed E-state index contributed by atoms with van der Waals surface area (Å²) in [7, 11) is 0. The molecular formula is C11H8FNO. The van der Waals surface area contributed by atoms with Crippen LogP contribution in [0.25, 0.3) is 10.9 Å². The fourth-order valence-electron chi connectivity index (χ4n) is 1.39. The van der Waals surface area contributed by atoms with Crippen LogP contribution in [0.3, 0.4) is 0 Å². The summed E-state index contributed by atoms with van der Waals surface area (Å²) in [6.45, 7) is 1.78. The van der Waals surface area contributed by atoms with Crippen molar-refractivity contribution in [2.45, 2.75) is 6.92 Å². The molecule has 0 aliphatic heterocycles. The minimum atomic E-state index is -0.294. The minimum Gasteiger partial charge on any atom is -0.296 e. The molecule has 0 radical (unpaired) electrons. The molecule has 0 bridgehead atoms. The second-order valence-electron chi connectivity index (χ2n) is 3.15. The average molecular weight is 189 g/mol. The van der Waals surface area contributed by atoms with Crippen LogP contribution in [0.1, 0.15) is 16.1 Å². The van der Waals surface area contributed by atoms with Crippen LogP contribution in [0.15, 0.2) is 24.3 Å². The largest absolute Gasteiger partial charge is 0.296 e. The Bertz CT molecular complexity index is 508. The number of aromatic nitrogens is 1. The van der Waals surface area contributed by atoms with E-state index in [0.29, 0.717) is 22.9 Å². The van der Waals surface area contributed by atoms with Crippen LogP contribution in [0.4, 0.5) is 4.39 Å². The lowest BCUT2D eigenvalue weighted by Crippen LogP contribution is -1.92. The van der Waals surface area contributed by atoms with Crippen LogP contribution in [0, 0.1) is 12.7 Å². The van der Waals surface area contributed by atoms with Gasteiger partial charge < -0.3 is 0 Å². The molecule has 0 unspecified atom stereocenters. The Morgan fingerprint density at radius 1 is 1.36 bits per heavy atom. The molecular weight excluding hydrogens is 181 g/mol. The number of carbonyl (C=O) groups excluding carboxylic acids is 1. The van der Waals surface area contributed by atoms with Crippen LogP contribution < -0.4 is 0 Å². The highest BCUT2D eigenvalue weighted by atomic mass is 19.1. The van der Waals surface area contributed by atoms with E-state index < -0.39 is 0 Å². The number of carbonyl (C=O) groups is 1. The SMILES string of the molecule is Cc1cc2cc(F)ccc2nc1C=O. The second kappa shape index (κ2) is 3.18. The fourth-order valence-corrected chi connectivity index (χ4v) is 1.39. The van der Waals surface area contributed by atoms with E-state index in [1.165, 1.54) is 12.1 Å². The number of aryl methyl sites for hydroxylation is 1. The number of nitrogens with zero attached hydrogens (tertiary/aromatic N) is 1. The van der Waals surface area contributed by atoms with Crippen molar-refractivity contribution in [2.24, 2.45) is 0 Å². The van der Waals surface area contributed by atoms with Crippen molar-refractivity contribution in [3.8, 4) is 0 Å². The number of fused-ring (bicyclic) bond motifs is 1. The summed E-state index contributed by atoms with van der Waals surface area (Å²) >= 11 is 0. The lowest BCUT2D eigenvalue weighted by molar-refractivity contribution is 0.111. The quantitative estimate of drug-likeness (QED) is 0.645. The molecule has 0 spiro atoms. The highest BCUT2D eigenvalue weighted by Crippen LogP contribution is 2.16. The maximum absolute atomic E-state index is 12.9. The third kappa shape index (κ3) is 1.37. The molecule has 0 aliphatic rings. The Labute approximate surface area is 80.4 Å². The fraction of sp³-hybridized carbons (Fsp3) is 0.0909. The van der Waals surface area contributed by atoms with Gasteiger partial charge in [0.05, 0.1) is 5.52 Å². The topological polar surface area (TPSA) is 30.0 Å². The maximum atomic E-state index is 12.9. The first-order chi connectivity index (χ1) is 6.70. The predicted octanol–water partition coefficient (Wildman–Crippen LogP) is 2.49. The zero-order valence-corrected chi connectivity index (χ0v) is 7.62. The molecule has 1 heterocycles. The van der Waals surface area contributed by atoms with Gasteiger partial charge in [0.15, 0.2) is 6.29 Å². The molecule has 0 saturated heterocycles. The molecule has 0 amide bonds. The molecule has 2 aromatic rings. The lowest BCUT2D eigenvalue weighted by Gasteiger charge is -2.01. The van der Waals surface area contributed by atoms with E-state index in [-0.39, 0.29) is 5.82 Å². The maximum Gasteiger partial charge on any atom is 0.168 e. The first-order valence-electron chi connectivity index (χ1n) is 4.23. The van der Waals surface area contributed by atoms with Crippen molar-refractivity contribution in [1.29, 1.82) is 0 Å². The van der Waals surface area contributed by atoms with E-state index in [1.54, 1.807) is 19.1 Å². The van der Waals surface area contributed by atoms with Crippen LogP contribution in [0.2, 0.25) is 0 Å². The van der Waals surface area contributed by atoms with Crippen LogP contribution in [-0.4, -0.2) is 11.3 Å². The van der Waals surface area contributed by atoms with Gasteiger partial charge in [-0.3, -0.25) is 4.79 Å². The summed E-state index contributed by atoms with van der Waals surface area (Å²) in [5.74, 6) is -0.294. The first-order valence-corrected chi connectivity index (χ1v) is 4.23. The van der Waals surface area contributed by atoms with Crippen LogP contribution in [0.5, 0.6) is 0 Å². The number of rotatable bonds is 1. The van der Waals surface area contributed by atoms with Gasteiger partial charge in [-0.2, -0.15) is 0 Å². The van der Waals surface area contributed by atoms with E-state index >= 15 is 0 Å². The molecule has 1 aromatic carbocycles. The molecule has 2 nitrogen and oxygen atoms in total. The number of hydrogen-bond donors (Lipinski definition) is 0. The Hall–Kier alpha value is -1.77. The number of hydrogen-bond acceptors (Lipinski definition) is 2. The van der Waals surface area contributed by atoms with E-state index in [0.717, 1.165) is 5.56 Å². The number of halogens is 1. The molecule has 0 aliphatic carbocycles. The summed E-state index contributed by atoms with van der Waals surface area (Å²) in [4.78, 5) is 14.7. The smallest absolute Gasteiger partial charge is 0.168 e. The predicted molar refractivity (Wildman–Crippen MR) is 51.8 cm³/mol. The Kier molecular flexibility index (Phi) is 2.00. The molecule has 3 heteroatoms. The van der Waals surface area contributed by atoms with Crippen molar-refractivity contribution >= 4 is 17.2 Å². The van der Waals surface area contributed by atoms with Gasteiger partial charge in [-0.05, 0) is 36.8 Å². The van der Waals surface area contributed by atoms with Crippen LogP contribution in [-0.2, 0) is 0 Å². The van der Waals surface area contributed by atoms with Gasteiger partial charge in [0.25, 0.3) is 0 Å². The summed E-state index contributed by atoms with van der Waals surface area (Å²) in [6, 6.07) is 6.06. The minimum absolute atomic E-state index is 0.294. The van der Waals surface area contributed by atoms with Gasteiger partial charge in [-0.1, -0.05) is 0 Å². The second-order valence-corrected chi connectivity index (χ2v) is 3.15. The van der Waals surface area contributed by atoms with Crippen molar-refractivity contribution in [2.75, 3.05) is 0 Å². The molecule has 0 N–H and O–H groups in total. The zero-order valence-electron chi connectivity index (χ0n) is 7.62. The third-order valence-electron chi connectivity index (χ3n) is 2.12. The highest BCUT2D eigenvalue weighted by Gasteiger charge is 2.02. The van der Waals surface area contributed by atoms with E-state index in [1.807, 2.05) is 0 Å². The average Bonchev–Trinajstić information content (AvgIpc) is 2.16. The first kappa shape index (κ1) is 8.81. The van der Waals surface area contributed by atoms with Crippen molar-refractivity contribution in [3.05, 3.63) is 41.3 Å². The van der Waals surface area contributed by atoms with E-state index in [9.17, 15) is 9.18 Å². The summed E-state index contributed by atoms with van der Waals surface area (Å²) in [6.07, 6.45) is 0.706. The molecule has 0 atom stereocenters. The summed E-state index contributed by atoms with van der Waals surface area (Å²) < 4.78 is 12.9. The van der Waals surface area contributed by atoms with Gasteiger partial charge in [-0.25, -0.2) is 9.37 Å². The number of aldehydes is 1. The zero-order chi connectivity index (χ0) is 10.1. The van der Waals surface area contributed by atoms with Gasteiger partial charge in [0, 0.05) is 5.39 Å². The van der Waals surface area contributed by atoms with Gasteiger partial charge in [0.2, 0.25) is 0 Å². The van der Waals surface area contributed by atoms with Crippen LogP contribution >= 0.6 is 0 Å².